The van der Waals surface area contributed by atoms with Crippen LogP contribution in [0.4, 0.5) is 0 Å². The van der Waals surface area contributed by atoms with Crippen LogP contribution in [0.2, 0.25) is 0 Å². The molecule has 2 N–H and O–H groups in total. The highest BCUT2D eigenvalue weighted by atomic mass is 16.5. The van der Waals surface area contributed by atoms with Gasteiger partial charge in [0, 0.05) is 49.3 Å². The number of piperazine rings is 1. The lowest BCUT2D eigenvalue weighted by molar-refractivity contribution is 0.155. The normalized spacial score (nSPS) is 18.0. The van der Waals surface area contributed by atoms with E-state index in [2.05, 4.69) is 47.4 Å². The number of nitrogens with one attached hydrogen (secondary N) is 2. The summed E-state index contributed by atoms with van der Waals surface area (Å²) >= 11 is 0. The highest BCUT2D eigenvalue weighted by Crippen LogP contribution is 2.34. The van der Waals surface area contributed by atoms with E-state index in [1.54, 1.807) is 7.11 Å². The van der Waals surface area contributed by atoms with Crippen molar-refractivity contribution < 1.29 is 4.74 Å². The Balaban J connectivity index is 1.98. The molecule has 0 bridgehead atoms. The number of aromatic nitrogens is 1. The maximum absolute atomic E-state index is 5.42. The zero-order chi connectivity index (χ0) is 15.5. The summed E-state index contributed by atoms with van der Waals surface area (Å²) in [5, 5.41) is 4.75. The average molecular weight is 301 g/mol. The van der Waals surface area contributed by atoms with Crippen LogP contribution in [0, 0.1) is 5.92 Å². The summed E-state index contributed by atoms with van der Waals surface area (Å²) in [4.78, 5) is 6.06. The molecule has 3 rings (SSSR count). The zero-order valence-electron chi connectivity index (χ0n) is 13.9. The van der Waals surface area contributed by atoms with Crippen LogP contribution in [0.1, 0.15) is 31.9 Å². The number of rotatable bonds is 5. The highest BCUT2D eigenvalue weighted by Gasteiger charge is 2.25. The molecule has 120 valence electrons. The van der Waals surface area contributed by atoms with Crippen molar-refractivity contribution in [3.63, 3.8) is 0 Å². The maximum Gasteiger partial charge on any atom is 0.119 e. The fourth-order valence-electron chi connectivity index (χ4n) is 3.44. The number of benzene rings is 1. The van der Waals surface area contributed by atoms with Crippen molar-refractivity contribution in [2.24, 2.45) is 5.92 Å². The summed E-state index contributed by atoms with van der Waals surface area (Å²) in [5.74, 6) is 1.60. The van der Waals surface area contributed by atoms with E-state index >= 15 is 0 Å². The first-order chi connectivity index (χ1) is 10.7. The van der Waals surface area contributed by atoms with Crippen molar-refractivity contribution in [3.05, 3.63) is 30.0 Å². The first-order valence-corrected chi connectivity index (χ1v) is 8.29. The summed E-state index contributed by atoms with van der Waals surface area (Å²) in [6.07, 6.45) is 3.38. The standard InChI is InChI=1S/C18H27N3O/c1-13(2)10-18(21-8-6-19-7-9-21)16-12-20-17-5-4-14(22-3)11-15(16)17/h4-5,11-13,18-20H,6-10H2,1-3H3/t18-/m1/s1. The van der Waals surface area contributed by atoms with Gasteiger partial charge in [-0.25, -0.2) is 0 Å². The molecular weight excluding hydrogens is 274 g/mol. The largest absolute Gasteiger partial charge is 0.497 e. The Hall–Kier alpha value is -1.52. The van der Waals surface area contributed by atoms with E-state index in [1.165, 1.54) is 22.9 Å². The van der Waals surface area contributed by atoms with Crippen LogP contribution < -0.4 is 10.1 Å². The Morgan fingerprint density at radius 3 is 2.68 bits per heavy atom. The lowest BCUT2D eigenvalue weighted by Crippen LogP contribution is -2.45. The van der Waals surface area contributed by atoms with Crippen molar-refractivity contribution in [2.75, 3.05) is 33.3 Å². The van der Waals surface area contributed by atoms with Gasteiger partial charge in [0.25, 0.3) is 0 Å². The van der Waals surface area contributed by atoms with E-state index in [4.69, 9.17) is 4.74 Å². The van der Waals surface area contributed by atoms with Gasteiger partial charge < -0.3 is 15.0 Å². The SMILES string of the molecule is COc1ccc2[nH]cc([C@@H](CC(C)C)N3CCNCC3)c2c1. The maximum atomic E-state index is 5.42. The molecule has 0 spiro atoms. The second kappa shape index (κ2) is 6.71. The van der Waals surface area contributed by atoms with Gasteiger partial charge in [-0.05, 0) is 36.1 Å². The van der Waals surface area contributed by atoms with Gasteiger partial charge in [-0.15, -0.1) is 0 Å². The quantitative estimate of drug-likeness (QED) is 0.891. The second-order valence-electron chi connectivity index (χ2n) is 6.59. The Kier molecular flexibility index (Phi) is 4.69. The molecule has 22 heavy (non-hydrogen) atoms. The van der Waals surface area contributed by atoms with Crippen LogP contribution in [0.25, 0.3) is 10.9 Å². The molecule has 1 aromatic heterocycles. The van der Waals surface area contributed by atoms with E-state index in [1.807, 2.05) is 6.07 Å². The second-order valence-corrected chi connectivity index (χ2v) is 6.59. The molecule has 0 saturated carbocycles. The zero-order valence-corrected chi connectivity index (χ0v) is 13.9. The molecular formula is C18H27N3O. The number of methoxy groups -OCH3 is 1. The Morgan fingerprint density at radius 2 is 2.00 bits per heavy atom. The Bertz CT molecular complexity index is 614. The van der Waals surface area contributed by atoms with Crippen molar-refractivity contribution in [2.45, 2.75) is 26.3 Å². The van der Waals surface area contributed by atoms with Crippen molar-refractivity contribution in [1.29, 1.82) is 0 Å². The summed E-state index contributed by atoms with van der Waals surface area (Å²) in [6, 6.07) is 6.77. The predicted molar refractivity (Wildman–Crippen MR) is 91.5 cm³/mol. The minimum Gasteiger partial charge on any atom is -0.497 e. The molecule has 4 nitrogen and oxygen atoms in total. The molecule has 0 radical (unpaired) electrons. The van der Waals surface area contributed by atoms with Gasteiger partial charge >= 0.3 is 0 Å². The lowest BCUT2D eigenvalue weighted by atomic mass is 9.94. The molecule has 4 heteroatoms. The molecule has 0 aliphatic carbocycles. The smallest absolute Gasteiger partial charge is 0.119 e. The molecule has 1 atom stereocenters. The van der Waals surface area contributed by atoms with Gasteiger partial charge in [0.2, 0.25) is 0 Å². The number of hydrogen-bond acceptors (Lipinski definition) is 3. The van der Waals surface area contributed by atoms with Gasteiger partial charge in [0.15, 0.2) is 0 Å². The minimum atomic E-state index is 0.475. The molecule has 1 aliphatic rings. The molecule has 2 aromatic rings. The van der Waals surface area contributed by atoms with Crippen molar-refractivity contribution in [3.8, 4) is 5.75 Å². The lowest BCUT2D eigenvalue weighted by Gasteiger charge is -2.36. The fraction of sp³-hybridized carbons (Fsp3) is 0.556. The van der Waals surface area contributed by atoms with Crippen molar-refractivity contribution >= 4 is 10.9 Å². The van der Waals surface area contributed by atoms with Crippen LogP contribution in [0.15, 0.2) is 24.4 Å². The van der Waals surface area contributed by atoms with Gasteiger partial charge in [-0.3, -0.25) is 4.90 Å². The fourth-order valence-corrected chi connectivity index (χ4v) is 3.44. The van der Waals surface area contributed by atoms with E-state index in [-0.39, 0.29) is 0 Å². The van der Waals surface area contributed by atoms with E-state index in [0.717, 1.165) is 31.9 Å². The first kappa shape index (κ1) is 15.4. The predicted octanol–water partition coefficient (Wildman–Crippen LogP) is 3.17. The molecule has 0 unspecified atom stereocenters. The third-order valence-corrected chi connectivity index (χ3v) is 4.57. The summed E-state index contributed by atoms with van der Waals surface area (Å²) in [5.41, 5.74) is 2.60. The van der Waals surface area contributed by atoms with E-state index in [0.29, 0.717) is 12.0 Å². The minimum absolute atomic E-state index is 0.475. The van der Waals surface area contributed by atoms with E-state index < -0.39 is 0 Å². The van der Waals surface area contributed by atoms with Crippen LogP contribution in [0.5, 0.6) is 5.75 Å². The average Bonchev–Trinajstić information content (AvgIpc) is 2.96. The molecule has 1 aliphatic heterocycles. The van der Waals surface area contributed by atoms with Gasteiger partial charge in [0.05, 0.1) is 7.11 Å². The number of fused-ring (bicyclic) bond motifs is 1. The molecule has 2 heterocycles. The topological polar surface area (TPSA) is 40.3 Å². The van der Waals surface area contributed by atoms with Gasteiger partial charge in [-0.2, -0.15) is 0 Å². The third-order valence-electron chi connectivity index (χ3n) is 4.57. The number of hydrogen-bond donors (Lipinski definition) is 2. The van der Waals surface area contributed by atoms with Crippen LogP contribution in [-0.4, -0.2) is 43.2 Å². The van der Waals surface area contributed by atoms with Crippen LogP contribution in [-0.2, 0) is 0 Å². The molecule has 1 fully saturated rings. The first-order valence-electron chi connectivity index (χ1n) is 8.29. The number of H-pyrrole nitrogens is 1. The summed E-state index contributed by atoms with van der Waals surface area (Å²) in [6.45, 7) is 9.03. The Labute approximate surface area is 132 Å². The molecule has 0 amide bonds. The van der Waals surface area contributed by atoms with Gasteiger partial charge in [-0.1, -0.05) is 13.8 Å². The summed E-state index contributed by atoms with van der Waals surface area (Å²) in [7, 11) is 1.73. The molecule has 1 saturated heterocycles. The van der Waals surface area contributed by atoms with E-state index in [9.17, 15) is 0 Å². The monoisotopic (exact) mass is 301 g/mol. The number of nitrogens with zero attached hydrogens (tertiary/aromatic N) is 1. The number of aromatic amines is 1. The highest BCUT2D eigenvalue weighted by molar-refractivity contribution is 5.85. The Morgan fingerprint density at radius 1 is 1.23 bits per heavy atom. The van der Waals surface area contributed by atoms with Gasteiger partial charge in [0.1, 0.15) is 5.75 Å². The number of ether oxygens (including phenoxy) is 1. The summed E-state index contributed by atoms with van der Waals surface area (Å²) < 4.78 is 5.42. The third kappa shape index (κ3) is 3.13. The van der Waals surface area contributed by atoms with Crippen LogP contribution in [0.3, 0.4) is 0 Å². The molecule has 1 aromatic carbocycles. The van der Waals surface area contributed by atoms with Crippen molar-refractivity contribution in [1.82, 2.24) is 15.2 Å². The van der Waals surface area contributed by atoms with Crippen LogP contribution >= 0.6 is 0 Å².